The molecule has 1 saturated carbocycles. The van der Waals surface area contributed by atoms with Crippen molar-refractivity contribution in [2.24, 2.45) is 17.8 Å². The highest BCUT2D eigenvalue weighted by Crippen LogP contribution is 2.51. The standard InChI is InChI=1S/C8H13NO2/c1-9-3-5-6(4-9)7(5)8(10)11-2/h5-7H,3-4H2,1-2H3/t5-,6+,7?. The van der Waals surface area contributed by atoms with Crippen LogP contribution in [0, 0.1) is 17.8 Å². The van der Waals surface area contributed by atoms with Gasteiger partial charge in [-0.25, -0.2) is 0 Å². The van der Waals surface area contributed by atoms with Gasteiger partial charge in [0.1, 0.15) is 0 Å². The molecule has 3 nitrogen and oxygen atoms in total. The van der Waals surface area contributed by atoms with Crippen molar-refractivity contribution < 1.29 is 9.53 Å². The van der Waals surface area contributed by atoms with Crippen LogP contribution in [0.5, 0.6) is 0 Å². The number of hydrogen-bond acceptors (Lipinski definition) is 3. The highest BCUT2D eigenvalue weighted by atomic mass is 16.5. The lowest BCUT2D eigenvalue weighted by molar-refractivity contribution is -0.143. The molecule has 2 rings (SSSR count). The summed E-state index contributed by atoms with van der Waals surface area (Å²) in [6.45, 7) is 2.15. The minimum Gasteiger partial charge on any atom is -0.469 e. The zero-order chi connectivity index (χ0) is 8.01. The first kappa shape index (κ1) is 7.10. The Labute approximate surface area is 66.3 Å². The number of carbonyl (C=O) groups excluding carboxylic acids is 1. The van der Waals surface area contributed by atoms with E-state index in [1.165, 1.54) is 7.11 Å². The predicted octanol–water partition coefficient (Wildman–Crippen LogP) is -0.0330. The molecule has 0 bridgehead atoms. The van der Waals surface area contributed by atoms with E-state index in [-0.39, 0.29) is 11.9 Å². The fraction of sp³-hybridized carbons (Fsp3) is 0.875. The second-order valence-corrected chi connectivity index (χ2v) is 3.60. The molecule has 62 valence electrons. The summed E-state index contributed by atoms with van der Waals surface area (Å²) in [7, 11) is 3.57. The van der Waals surface area contributed by atoms with Crippen LogP contribution in [0.4, 0.5) is 0 Å². The maximum Gasteiger partial charge on any atom is 0.309 e. The summed E-state index contributed by atoms with van der Waals surface area (Å²) in [4.78, 5) is 13.3. The average Bonchev–Trinajstić information content (AvgIpc) is 2.48. The minimum atomic E-state index is -0.00639. The van der Waals surface area contributed by atoms with E-state index in [4.69, 9.17) is 0 Å². The Morgan fingerprint density at radius 1 is 1.45 bits per heavy atom. The Morgan fingerprint density at radius 3 is 2.45 bits per heavy atom. The van der Waals surface area contributed by atoms with E-state index in [1.54, 1.807) is 0 Å². The first-order valence-electron chi connectivity index (χ1n) is 4.00. The number of rotatable bonds is 1. The summed E-state index contributed by atoms with van der Waals surface area (Å²) < 4.78 is 4.69. The molecule has 2 aliphatic rings. The molecule has 0 aromatic carbocycles. The van der Waals surface area contributed by atoms with Crippen LogP contribution >= 0.6 is 0 Å². The molecular formula is C8H13NO2. The van der Waals surface area contributed by atoms with E-state index in [0.29, 0.717) is 11.8 Å². The van der Waals surface area contributed by atoms with E-state index in [9.17, 15) is 4.79 Å². The quantitative estimate of drug-likeness (QED) is 0.498. The molecular weight excluding hydrogens is 142 g/mol. The van der Waals surface area contributed by atoms with E-state index in [1.807, 2.05) is 0 Å². The van der Waals surface area contributed by atoms with Crippen LogP contribution < -0.4 is 0 Å². The number of likely N-dealkylation sites (tertiary alicyclic amines) is 1. The number of carbonyl (C=O) groups is 1. The summed E-state index contributed by atoms with van der Waals surface area (Å²) in [6.07, 6.45) is 0. The van der Waals surface area contributed by atoms with Gasteiger partial charge in [0.25, 0.3) is 0 Å². The van der Waals surface area contributed by atoms with Crippen molar-refractivity contribution in [3.05, 3.63) is 0 Å². The van der Waals surface area contributed by atoms with Crippen molar-refractivity contribution >= 4 is 5.97 Å². The maximum atomic E-state index is 11.1. The predicted molar refractivity (Wildman–Crippen MR) is 40.0 cm³/mol. The number of methoxy groups -OCH3 is 1. The van der Waals surface area contributed by atoms with Crippen molar-refractivity contribution in [2.45, 2.75) is 0 Å². The molecule has 11 heavy (non-hydrogen) atoms. The second kappa shape index (κ2) is 2.21. The first-order valence-corrected chi connectivity index (χ1v) is 4.00. The normalized spacial score (nSPS) is 41.8. The lowest BCUT2D eigenvalue weighted by Crippen LogP contribution is -2.22. The molecule has 1 unspecified atom stereocenters. The third kappa shape index (κ3) is 0.948. The lowest BCUT2D eigenvalue weighted by atomic mass is 10.3. The van der Waals surface area contributed by atoms with E-state index >= 15 is 0 Å². The Balaban J connectivity index is 1.92. The molecule has 1 aliphatic heterocycles. The van der Waals surface area contributed by atoms with Gasteiger partial charge >= 0.3 is 5.97 Å². The first-order chi connectivity index (χ1) is 5.24. The highest BCUT2D eigenvalue weighted by Gasteiger charge is 2.59. The van der Waals surface area contributed by atoms with Gasteiger partial charge in [0.05, 0.1) is 13.0 Å². The summed E-state index contributed by atoms with van der Waals surface area (Å²) in [5.74, 6) is 1.43. The number of piperidine rings is 1. The third-order valence-corrected chi connectivity index (χ3v) is 2.85. The van der Waals surface area contributed by atoms with Crippen LogP contribution in [0.3, 0.4) is 0 Å². The van der Waals surface area contributed by atoms with Crippen LogP contribution in [0.15, 0.2) is 0 Å². The van der Waals surface area contributed by atoms with Crippen molar-refractivity contribution in [2.75, 3.05) is 27.2 Å². The summed E-state index contributed by atoms with van der Waals surface area (Å²) in [6, 6.07) is 0. The number of fused-ring (bicyclic) bond motifs is 1. The molecule has 2 fully saturated rings. The number of ether oxygens (including phenoxy) is 1. The smallest absolute Gasteiger partial charge is 0.309 e. The number of hydrogen-bond donors (Lipinski definition) is 0. The fourth-order valence-corrected chi connectivity index (χ4v) is 2.22. The van der Waals surface area contributed by atoms with Crippen LogP contribution in [0.1, 0.15) is 0 Å². The van der Waals surface area contributed by atoms with Gasteiger partial charge in [0.2, 0.25) is 0 Å². The Bertz CT molecular complexity index is 181. The lowest BCUT2D eigenvalue weighted by Gasteiger charge is -2.11. The monoisotopic (exact) mass is 155 g/mol. The van der Waals surface area contributed by atoms with Crippen LogP contribution in [0.2, 0.25) is 0 Å². The van der Waals surface area contributed by atoms with E-state index < -0.39 is 0 Å². The van der Waals surface area contributed by atoms with Crippen molar-refractivity contribution in [3.8, 4) is 0 Å². The summed E-state index contributed by atoms with van der Waals surface area (Å²) in [5, 5.41) is 0. The number of esters is 1. The fourth-order valence-electron chi connectivity index (χ4n) is 2.22. The molecule has 1 aliphatic carbocycles. The summed E-state index contributed by atoms with van der Waals surface area (Å²) in [5.41, 5.74) is 0. The van der Waals surface area contributed by atoms with Gasteiger partial charge in [0, 0.05) is 13.1 Å². The van der Waals surface area contributed by atoms with Gasteiger partial charge in [-0.15, -0.1) is 0 Å². The van der Waals surface area contributed by atoms with Crippen molar-refractivity contribution in [1.82, 2.24) is 4.90 Å². The molecule has 0 amide bonds. The van der Waals surface area contributed by atoms with Gasteiger partial charge in [-0.2, -0.15) is 0 Å². The molecule has 0 N–H and O–H groups in total. The van der Waals surface area contributed by atoms with Crippen molar-refractivity contribution in [3.63, 3.8) is 0 Å². The largest absolute Gasteiger partial charge is 0.469 e. The van der Waals surface area contributed by atoms with Gasteiger partial charge < -0.3 is 9.64 Å². The van der Waals surface area contributed by atoms with Crippen molar-refractivity contribution in [1.29, 1.82) is 0 Å². The highest BCUT2D eigenvalue weighted by molar-refractivity contribution is 5.76. The zero-order valence-corrected chi connectivity index (χ0v) is 6.91. The molecule has 0 radical (unpaired) electrons. The SMILES string of the molecule is COC(=O)C1[C@H]2CN(C)C[C@@H]12. The Hall–Kier alpha value is -0.570. The third-order valence-electron chi connectivity index (χ3n) is 2.85. The average molecular weight is 155 g/mol. The molecule has 3 atom stereocenters. The van der Waals surface area contributed by atoms with Gasteiger partial charge in [-0.3, -0.25) is 4.79 Å². The molecule has 0 spiro atoms. The van der Waals surface area contributed by atoms with Gasteiger partial charge in [-0.1, -0.05) is 0 Å². The van der Waals surface area contributed by atoms with Crippen LogP contribution in [-0.2, 0) is 9.53 Å². The van der Waals surface area contributed by atoms with Gasteiger partial charge in [-0.05, 0) is 18.9 Å². The topological polar surface area (TPSA) is 29.5 Å². The summed E-state index contributed by atoms with van der Waals surface area (Å²) >= 11 is 0. The number of nitrogens with zero attached hydrogens (tertiary/aromatic N) is 1. The maximum absolute atomic E-state index is 11.1. The Morgan fingerprint density at radius 2 is 2.00 bits per heavy atom. The van der Waals surface area contributed by atoms with E-state index in [2.05, 4.69) is 16.7 Å². The van der Waals surface area contributed by atoms with E-state index in [0.717, 1.165) is 13.1 Å². The van der Waals surface area contributed by atoms with Crippen LogP contribution in [0.25, 0.3) is 0 Å². The molecule has 1 saturated heterocycles. The molecule has 3 heteroatoms. The molecule has 1 heterocycles. The molecule has 0 aromatic heterocycles. The zero-order valence-electron chi connectivity index (χ0n) is 6.91. The van der Waals surface area contributed by atoms with Crippen LogP contribution in [-0.4, -0.2) is 38.1 Å². The Kier molecular flexibility index (Phi) is 1.42. The second-order valence-electron chi connectivity index (χ2n) is 3.60. The van der Waals surface area contributed by atoms with Gasteiger partial charge in [0.15, 0.2) is 0 Å². The minimum absolute atomic E-state index is 0.00639. The molecule has 0 aromatic rings.